The number of nitrogens with zero attached hydrogens (tertiary/aromatic N) is 1. The number of aliphatic hydroxyl groups is 1. The minimum atomic E-state index is -0.970. The standard InChI is InChI=1S/C15H19ClN2O/c1-4-15(19,5-2)14-13(17)9(3)11-8-10(16)6-7-12(11)18-14/h6-8,19H,4-5,17H2,1-3H3. The Morgan fingerprint density at radius 2 is 1.95 bits per heavy atom. The molecule has 4 heteroatoms. The van der Waals surface area contributed by atoms with Crippen LogP contribution < -0.4 is 5.73 Å². The molecule has 19 heavy (non-hydrogen) atoms. The van der Waals surface area contributed by atoms with E-state index in [-0.39, 0.29) is 0 Å². The van der Waals surface area contributed by atoms with Crippen molar-refractivity contribution in [3.63, 3.8) is 0 Å². The molecule has 0 spiro atoms. The fourth-order valence-electron chi connectivity index (χ4n) is 2.35. The quantitative estimate of drug-likeness (QED) is 0.898. The predicted molar refractivity (Wildman–Crippen MR) is 80.4 cm³/mol. The van der Waals surface area contributed by atoms with Crippen LogP contribution in [0.15, 0.2) is 18.2 Å². The Bertz CT molecular complexity index is 621. The zero-order chi connectivity index (χ0) is 14.2. The van der Waals surface area contributed by atoms with E-state index < -0.39 is 5.60 Å². The van der Waals surface area contributed by atoms with Crippen LogP contribution in [0.1, 0.15) is 37.9 Å². The van der Waals surface area contributed by atoms with Gasteiger partial charge in [-0.25, -0.2) is 4.98 Å². The largest absolute Gasteiger partial charge is 0.397 e. The molecular weight excluding hydrogens is 260 g/mol. The summed E-state index contributed by atoms with van der Waals surface area (Å²) in [5.41, 5.74) is 8.06. The lowest BCUT2D eigenvalue weighted by Gasteiger charge is -2.27. The molecule has 0 saturated heterocycles. The van der Waals surface area contributed by atoms with Crippen LogP contribution in [0.4, 0.5) is 5.69 Å². The number of anilines is 1. The Hall–Kier alpha value is -1.32. The van der Waals surface area contributed by atoms with Gasteiger partial charge in [-0.3, -0.25) is 0 Å². The summed E-state index contributed by atoms with van der Waals surface area (Å²) in [6.45, 7) is 5.81. The van der Waals surface area contributed by atoms with Crippen LogP contribution in [-0.4, -0.2) is 10.1 Å². The Morgan fingerprint density at radius 1 is 1.32 bits per heavy atom. The van der Waals surface area contributed by atoms with E-state index in [1.165, 1.54) is 0 Å². The Morgan fingerprint density at radius 3 is 2.53 bits per heavy atom. The van der Waals surface area contributed by atoms with Crippen molar-refractivity contribution in [2.45, 2.75) is 39.2 Å². The molecule has 0 bridgehead atoms. The number of nitrogen functional groups attached to an aromatic ring is 1. The van der Waals surface area contributed by atoms with Gasteiger partial charge in [-0.1, -0.05) is 25.4 Å². The highest BCUT2D eigenvalue weighted by molar-refractivity contribution is 6.31. The average Bonchev–Trinajstić information content (AvgIpc) is 2.42. The normalized spacial score (nSPS) is 12.1. The number of aromatic nitrogens is 1. The first kappa shape index (κ1) is 14.1. The van der Waals surface area contributed by atoms with Crippen molar-refractivity contribution in [3.05, 3.63) is 34.5 Å². The molecule has 1 aromatic heterocycles. The van der Waals surface area contributed by atoms with E-state index in [1.54, 1.807) is 6.07 Å². The van der Waals surface area contributed by atoms with Gasteiger partial charge in [0.05, 0.1) is 16.9 Å². The third-order valence-corrected chi connectivity index (χ3v) is 4.10. The SMILES string of the molecule is CCC(O)(CC)c1nc2ccc(Cl)cc2c(C)c1N. The number of aryl methyl sites for hydroxylation is 1. The molecule has 0 radical (unpaired) electrons. The van der Waals surface area contributed by atoms with Crippen LogP contribution in [0.25, 0.3) is 10.9 Å². The number of halogens is 1. The van der Waals surface area contributed by atoms with Crippen LogP contribution in [0.3, 0.4) is 0 Å². The Kier molecular flexibility index (Phi) is 3.70. The van der Waals surface area contributed by atoms with Crippen molar-refractivity contribution < 1.29 is 5.11 Å². The molecular formula is C15H19ClN2O. The van der Waals surface area contributed by atoms with Gasteiger partial charge >= 0.3 is 0 Å². The van der Waals surface area contributed by atoms with E-state index in [0.717, 1.165) is 16.5 Å². The summed E-state index contributed by atoms with van der Waals surface area (Å²) in [7, 11) is 0. The van der Waals surface area contributed by atoms with Crippen molar-refractivity contribution >= 4 is 28.2 Å². The number of nitrogens with two attached hydrogens (primary N) is 1. The molecule has 0 aliphatic carbocycles. The second-order valence-corrected chi connectivity index (χ2v) is 5.34. The van der Waals surface area contributed by atoms with Gasteiger partial charge in [-0.05, 0) is 43.5 Å². The van der Waals surface area contributed by atoms with Gasteiger partial charge in [0.2, 0.25) is 0 Å². The van der Waals surface area contributed by atoms with Gasteiger partial charge < -0.3 is 10.8 Å². The maximum Gasteiger partial charge on any atom is 0.108 e. The highest BCUT2D eigenvalue weighted by atomic mass is 35.5. The van der Waals surface area contributed by atoms with Crippen molar-refractivity contribution in [3.8, 4) is 0 Å². The zero-order valence-corrected chi connectivity index (χ0v) is 12.3. The van der Waals surface area contributed by atoms with E-state index >= 15 is 0 Å². The summed E-state index contributed by atoms with van der Waals surface area (Å²) < 4.78 is 0. The molecule has 0 unspecified atom stereocenters. The van der Waals surface area contributed by atoms with E-state index in [0.29, 0.717) is 29.2 Å². The summed E-state index contributed by atoms with van der Waals surface area (Å²) in [5.74, 6) is 0. The fourth-order valence-corrected chi connectivity index (χ4v) is 2.52. The average molecular weight is 279 g/mol. The van der Waals surface area contributed by atoms with Crippen LogP contribution in [0, 0.1) is 6.92 Å². The number of hydrogen-bond acceptors (Lipinski definition) is 3. The van der Waals surface area contributed by atoms with E-state index in [4.69, 9.17) is 17.3 Å². The molecule has 1 heterocycles. The Labute approximate surface area is 118 Å². The van der Waals surface area contributed by atoms with Crippen molar-refractivity contribution in [1.82, 2.24) is 4.98 Å². The molecule has 0 saturated carbocycles. The van der Waals surface area contributed by atoms with Gasteiger partial charge in [0.15, 0.2) is 0 Å². The fraction of sp³-hybridized carbons (Fsp3) is 0.400. The van der Waals surface area contributed by atoms with Gasteiger partial charge in [0.25, 0.3) is 0 Å². The Balaban J connectivity index is 2.78. The summed E-state index contributed by atoms with van der Waals surface area (Å²) in [6.07, 6.45) is 1.17. The molecule has 2 aromatic rings. The number of rotatable bonds is 3. The molecule has 102 valence electrons. The summed E-state index contributed by atoms with van der Waals surface area (Å²) in [5, 5.41) is 12.2. The predicted octanol–water partition coefficient (Wildman–Crippen LogP) is 3.79. The van der Waals surface area contributed by atoms with Gasteiger partial charge in [0, 0.05) is 10.4 Å². The number of hydrogen-bond donors (Lipinski definition) is 2. The first-order chi connectivity index (χ1) is 8.92. The lowest BCUT2D eigenvalue weighted by molar-refractivity contribution is 0.0251. The summed E-state index contributed by atoms with van der Waals surface area (Å²) in [6, 6.07) is 5.52. The van der Waals surface area contributed by atoms with Crippen LogP contribution in [-0.2, 0) is 5.60 Å². The lowest BCUT2D eigenvalue weighted by atomic mass is 9.89. The lowest BCUT2D eigenvalue weighted by Crippen LogP contribution is -2.27. The number of fused-ring (bicyclic) bond motifs is 1. The molecule has 1 aromatic carbocycles. The molecule has 0 aliphatic heterocycles. The zero-order valence-electron chi connectivity index (χ0n) is 11.5. The van der Waals surface area contributed by atoms with Crippen molar-refractivity contribution in [1.29, 1.82) is 0 Å². The second-order valence-electron chi connectivity index (χ2n) is 4.90. The maximum atomic E-state index is 10.7. The smallest absolute Gasteiger partial charge is 0.108 e. The minimum absolute atomic E-state index is 0.556. The van der Waals surface area contributed by atoms with Crippen LogP contribution in [0.2, 0.25) is 5.02 Å². The molecule has 3 nitrogen and oxygen atoms in total. The van der Waals surface area contributed by atoms with E-state index in [2.05, 4.69) is 4.98 Å². The van der Waals surface area contributed by atoms with Gasteiger partial charge in [-0.15, -0.1) is 0 Å². The molecule has 2 rings (SSSR count). The van der Waals surface area contributed by atoms with Crippen LogP contribution >= 0.6 is 11.6 Å². The third kappa shape index (κ3) is 2.28. The first-order valence-corrected chi connectivity index (χ1v) is 6.89. The third-order valence-electron chi connectivity index (χ3n) is 3.86. The molecule has 3 N–H and O–H groups in total. The number of benzene rings is 1. The van der Waals surface area contributed by atoms with Crippen LogP contribution in [0.5, 0.6) is 0 Å². The summed E-state index contributed by atoms with van der Waals surface area (Å²) in [4.78, 5) is 4.56. The highest BCUT2D eigenvalue weighted by Gasteiger charge is 2.30. The van der Waals surface area contributed by atoms with Crippen molar-refractivity contribution in [2.24, 2.45) is 0 Å². The van der Waals surface area contributed by atoms with Gasteiger partial charge in [-0.2, -0.15) is 0 Å². The topological polar surface area (TPSA) is 59.1 Å². The molecule has 0 amide bonds. The first-order valence-electron chi connectivity index (χ1n) is 6.51. The van der Waals surface area contributed by atoms with E-state index in [9.17, 15) is 5.11 Å². The maximum absolute atomic E-state index is 10.7. The van der Waals surface area contributed by atoms with Gasteiger partial charge in [0.1, 0.15) is 5.60 Å². The second kappa shape index (κ2) is 4.99. The summed E-state index contributed by atoms with van der Waals surface area (Å²) >= 11 is 6.01. The molecule has 0 aliphatic rings. The number of pyridine rings is 1. The monoisotopic (exact) mass is 278 g/mol. The molecule has 0 fully saturated rings. The molecule has 0 atom stereocenters. The van der Waals surface area contributed by atoms with Crippen molar-refractivity contribution in [2.75, 3.05) is 5.73 Å². The van der Waals surface area contributed by atoms with E-state index in [1.807, 2.05) is 32.9 Å². The minimum Gasteiger partial charge on any atom is -0.397 e. The highest BCUT2D eigenvalue weighted by Crippen LogP contribution is 2.36.